The number of fused-ring (bicyclic) bond motifs is 1. The highest BCUT2D eigenvalue weighted by molar-refractivity contribution is 7.99. The van der Waals surface area contributed by atoms with Crippen molar-refractivity contribution in [2.75, 3.05) is 12.4 Å². The van der Waals surface area contributed by atoms with Gasteiger partial charge in [0.25, 0.3) is 5.91 Å². The fourth-order valence-electron chi connectivity index (χ4n) is 4.30. The van der Waals surface area contributed by atoms with Crippen LogP contribution in [0.5, 0.6) is 0 Å². The minimum absolute atomic E-state index is 0.0496. The lowest BCUT2D eigenvalue weighted by atomic mass is 10.0. The van der Waals surface area contributed by atoms with Crippen LogP contribution in [0.4, 0.5) is 4.39 Å². The molecule has 0 spiro atoms. The van der Waals surface area contributed by atoms with Crippen molar-refractivity contribution in [2.24, 2.45) is 0 Å². The number of carbonyl (C=O) groups excluding carboxylic acids is 1. The average molecular weight is 440 g/mol. The predicted molar refractivity (Wildman–Crippen MR) is 119 cm³/mol. The molecule has 0 radical (unpaired) electrons. The molecular weight excluding hydrogens is 413 g/mol. The van der Waals surface area contributed by atoms with Crippen LogP contribution in [-0.2, 0) is 16.1 Å². The van der Waals surface area contributed by atoms with Gasteiger partial charge in [0, 0.05) is 35.2 Å². The quantitative estimate of drug-likeness (QED) is 0.542. The molecule has 1 fully saturated rings. The number of nitrogens with zero attached hydrogens (tertiary/aromatic N) is 2. The van der Waals surface area contributed by atoms with Gasteiger partial charge in [0.1, 0.15) is 17.5 Å². The van der Waals surface area contributed by atoms with E-state index in [1.807, 2.05) is 26.0 Å². The van der Waals surface area contributed by atoms with E-state index >= 15 is 0 Å². The standard InChI is InChI=1S/C24H26FN3O2S/c1-15-10-17(16(2)28(15)14-20-4-3-8-30-20)11-18(13-26)24(29)27-22-7-9-31-23-6-5-19(25)12-21(22)23/h5-6,10-12,20,22H,3-4,7-9,14H2,1-2H3,(H,27,29)/b18-11+. The molecule has 0 saturated carbocycles. The van der Waals surface area contributed by atoms with E-state index in [9.17, 15) is 14.4 Å². The monoisotopic (exact) mass is 439 g/mol. The van der Waals surface area contributed by atoms with Gasteiger partial charge in [-0.1, -0.05) is 0 Å². The Morgan fingerprint density at radius 1 is 1.39 bits per heavy atom. The molecule has 1 aromatic heterocycles. The fourth-order valence-corrected chi connectivity index (χ4v) is 5.41. The third kappa shape index (κ3) is 4.70. The van der Waals surface area contributed by atoms with Crippen LogP contribution in [0.1, 0.15) is 47.8 Å². The van der Waals surface area contributed by atoms with Gasteiger partial charge in [0.2, 0.25) is 0 Å². The minimum atomic E-state index is -0.432. The number of aryl methyl sites for hydroxylation is 1. The fraction of sp³-hybridized carbons (Fsp3) is 0.417. The second-order valence-electron chi connectivity index (χ2n) is 8.09. The van der Waals surface area contributed by atoms with Gasteiger partial charge in [-0.05, 0) is 74.6 Å². The molecule has 1 saturated heterocycles. The van der Waals surface area contributed by atoms with Gasteiger partial charge in [0.05, 0.1) is 12.1 Å². The number of carbonyl (C=O) groups is 1. The summed E-state index contributed by atoms with van der Waals surface area (Å²) in [5, 5.41) is 12.6. The molecule has 5 nitrogen and oxygen atoms in total. The second-order valence-corrected chi connectivity index (χ2v) is 9.22. The van der Waals surface area contributed by atoms with Crippen molar-refractivity contribution < 1.29 is 13.9 Å². The van der Waals surface area contributed by atoms with Crippen molar-refractivity contribution in [1.82, 2.24) is 9.88 Å². The first-order valence-corrected chi connectivity index (χ1v) is 11.6. The molecule has 2 atom stereocenters. The lowest BCUT2D eigenvalue weighted by Crippen LogP contribution is -2.31. The zero-order valence-corrected chi connectivity index (χ0v) is 18.6. The molecule has 31 heavy (non-hydrogen) atoms. The van der Waals surface area contributed by atoms with E-state index in [4.69, 9.17) is 4.74 Å². The van der Waals surface area contributed by atoms with Crippen molar-refractivity contribution in [3.8, 4) is 6.07 Å². The van der Waals surface area contributed by atoms with Gasteiger partial charge in [-0.3, -0.25) is 4.79 Å². The van der Waals surface area contributed by atoms with E-state index in [1.54, 1.807) is 23.9 Å². The summed E-state index contributed by atoms with van der Waals surface area (Å²) in [6, 6.07) is 8.39. The Kier molecular flexibility index (Phi) is 6.49. The summed E-state index contributed by atoms with van der Waals surface area (Å²) in [5.74, 6) is 0.0771. The summed E-state index contributed by atoms with van der Waals surface area (Å²) < 4.78 is 21.7. The Bertz CT molecular complexity index is 1060. The highest BCUT2D eigenvalue weighted by atomic mass is 32.2. The molecule has 4 rings (SSSR count). The van der Waals surface area contributed by atoms with Crippen LogP contribution in [0.3, 0.4) is 0 Å². The molecule has 1 aromatic carbocycles. The van der Waals surface area contributed by atoms with Crippen LogP contribution < -0.4 is 5.32 Å². The van der Waals surface area contributed by atoms with Crippen molar-refractivity contribution >= 4 is 23.7 Å². The summed E-state index contributed by atoms with van der Waals surface area (Å²) in [6.45, 7) is 5.61. The molecule has 3 heterocycles. The van der Waals surface area contributed by atoms with Crippen molar-refractivity contribution in [2.45, 2.75) is 56.7 Å². The topological polar surface area (TPSA) is 67.0 Å². The first-order valence-electron chi connectivity index (χ1n) is 10.6. The largest absolute Gasteiger partial charge is 0.376 e. The maximum Gasteiger partial charge on any atom is 0.262 e. The van der Waals surface area contributed by atoms with Gasteiger partial charge >= 0.3 is 0 Å². The van der Waals surface area contributed by atoms with Crippen LogP contribution in [0.25, 0.3) is 6.08 Å². The zero-order chi connectivity index (χ0) is 22.0. The summed E-state index contributed by atoms with van der Waals surface area (Å²) in [4.78, 5) is 13.9. The highest BCUT2D eigenvalue weighted by Crippen LogP contribution is 2.36. The van der Waals surface area contributed by atoms with E-state index < -0.39 is 5.91 Å². The van der Waals surface area contributed by atoms with Crippen LogP contribution >= 0.6 is 11.8 Å². The highest BCUT2D eigenvalue weighted by Gasteiger charge is 2.25. The van der Waals surface area contributed by atoms with Crippen LogP contribution in [0.2, 0.25) is 0 Å². The average Bonchev–Trinajstić information content (AvgIpc) is 3.36. The smallest absolute Gasteiger partial charge is 0.262 e. The van der Waals surface area contributed by atoms with E-state index in [-0.39, 0.29) is 23.5 Å². The third-order valence-electron chi connectivity index (χ3n) is 6.00. The lowest BCUT2D eigenvalue weighted by Gasteiger charge is -2.25. The Labute approximate surface area is 186 Å². The molecule has 1 N–H and O–H groups in total. The number of amides is 1. The Hall–Kier alpha value is -2.56. The minimum Gasteiger partial charge on any atom is -0.376 e. The van der Waals surface area contributed by atoms with Crippen molar-refractivity contribution in [1.29, 1.82) is 5.26 Å². The molecule has 2 aliphatic rings. The van der Waals surface area contributed by atoms with Gasteiger partial charge < -0.3 is 14.6 Å². The molecule has 2 unspecified atom stereocenters. The van der Waals surface area contributed by atoms with Gasteiger partial charge in [-0.2, -0.15) is 5.26 Å². The molecule has 1 amide bonds. The number of ether oxygens (including phenoxy) is 1. The maximum atomic E-state index is 13.8. The summed E-state index contributed by atoms with van der Waals surface area (Å²) >= 11 is 1.65. The van der Waals surface area contributed by atoms with E-state index in [1.165, 1.54) is 12.1 Å². The Balaban J connectivity index is 1.54. The SMILES string of the molecule is Cc1cc(/C=C(\C#N)C(=O)NC2CCSc3ccc(F)cc32)c(C)n1CC1CCCO1. The first kappa shape index (κ1) is 21.7. The van der Waals surface area contributed by atoms with Crippen LogP contribution in [0.15, 0.2) is 34.7 Å². The summed E-state index contributed by atoms with van der Waals surface area (Å²) in [5.41, 5.74) is 3.76. The number of hydrogen-bond acceptors (Lipinski definition) is 4. The summed E-state index contributed by atoms with van der Waals surface area (Å²) in [6.07, 6.45) is 4.69. The number of nitrogens with one attached hydrogen (secondary N) is 1. The van der Waals surface area contributed by atoms with Crippen LogP contribution in [-0.4, -0.2) is 28.9 Å². The van der Waals surface area contributed by atoms with Gasteiger partial charge in [0.15, 0.2) is 0 Å². The number of thioether (sulfide) groups is 1. The number of hydrogen-bond donors (Lipinski definition) is 1. The molecular formula is C24H26FN3O2S. The molecule has 162 valence electrons. The normalized spacial score (nSPS) is 20.9. The summed E-state index contributed by atoms with van der Waals surface area (Å²) in [7, 11) is 0. The lowest BCUT2D eigenvalue weighted by molar-refractivity contribution is -0.117. The van der Waals surface area contributed by atoms with Gasteiger partial charge in [-0.15, -0.1) is 11.8 Å². The second kappa shape index (κ2) is 9.29. The molecule has 7 heteroatoms. The van der Waals surface area contributed by atoms with Crippen LogP contribution in [0, 0.1) is 31.0 Å². The van der Waals surface area contributed by atoms with E-state index in [0.29, 0.717) is 6.42 Å². The maximum absolute atomic E-state index is 13.8. The van der Waals surface area contributed by atoms with Crippen molar-refractivity contribution in [3.05, 3.63) is 58.2 Å². The Morgan fingerprint density at radius 3 is 2.97 bits per heavy atom. The Morgan fingerprint density at radius 2 is 2.23 bits per heavy atom. The van der Waals surface area contributed by atoms with Gasteiger partial charge in [-0.25, -0.2) is 4.39 Å². The predicted octanol–water partition coefficient (Wildman–Crippen LogP) is 4.68. The third-order valence-corrected chi connectivity index (χ3v) is 7.13. The van der Waals surface area contributed by atoms with Crippen molar-refractivity contribution in [3.63, 3.8) is 0 Å². The molecule has 0 bridgehead atoms. The number of halogens is 1. The first-order chi connectivity index (χ1) is 15.0. The molecule has 2 aliphatic heterocycles. The van der Waals surface area contributed by atoms with E-state index in [0.717, 1.165) is 59.2 Å². The number of rotatable bonds is 5. The number of aromatic nitrogens is 1. The molecule has 0 aliphatic carbocycles. The zero-order valence-electron chi connectivity index (χ0n) is 17.8. The number of nitriles is 1. The number of benzene rings is 1. The van der Waals surface area contributed by atoms with E-state index in [2.05, 4.69) is 9.88 Å². The molecule has 2 aromatic rings.